The van der Waals surface area contributed by atoms with E-state index in [1.165, 1.54) is 0 Å². The van der Waals surface area contributed by atoms with Crippen LogP contribution >= 0.6 is 0 Å². The minimum atomic E-state index is -0.598. The van der Waals surface area contributed by atoms with Crippen LogP contribution in [0.15, 0.2) is 23.0 Å². The number of ketones is 1. The Balaban J connectivity index is 2.25. The molecule has 0 bridgehead atoms. The van der Waals surface area contributed by atoms with Crippen LogP contribution in [-0.4, -0.2) is 16.3 Å². The minimum Gasteiger partial charge on any atom is -0.424 e. The van der Waals surface area contributed by atoms with Crippen LogP contribution in [0.3, 0.4) is 0 Å². The molecule has 1 atom stereocenters. The summed E-state index contributed by atoms with van der Waals surface area (Å²) < 4.78 is 6.85. The zero-order valence-corrected chi connectivity index (χ0v) is 10.8. The third kappa shape index (κ3) is 1.24. The molecule has 5 nitrogen and oxygen atoms in total. The summed E-state index contributed by atoms with van der Waals surface area (Å²) in [6, 6.07) is 5.62. The van der Waals surface area contributed by atoms with Gasteiger partial charge in [-0.05, 0) is 25.0 Å². The molecular weight excluding hydrogens is 258 g/mol. The highest BCUT2D eigenvalue weighted by Gasteiger charge is 2.34. The number of Topliss-reactive ketones (excluding diaryl/α,β-unsaturated/α-hetero) is 1. The van der Waals surface area contributed by atoms with Crippen LogP contribution in [0.1, 0.15) is 35.3 Å². The van der Waals surface area contributed by atoms with E-state index in [-0.39, 0.29) is 29.3 Å². The molecular formula is C15H11NO4. The molecule has 2 aliphatic heterocycles. The molecule has 5 heteroatoms. The topological polar surface area (TPSA) is 65.4 Å². The van der Waals surface area contributed by atoms with Gasteiger partial charge < -0.3 is 9.30 Å². The summed E-state index contributed by atoms with van der Waals surface area (Å²) in [6.45, 7) is 1.95. The quantitative estimate of drug-likeness (QED) is 0.538. The highest BCUT2D eigenvalue weighted by Crippen LogP contribution is 2.38. The van der Waals surface area contributed by atoms with Crippen LogP contribution in [0.2, 0.25) is 0 Å². The van der Waals surface area contributed by atoms with Crippen molar-refractivity contribution >= 4 is 22.7 Å². The molecule has 1 aromatic heterocycles. The molecule has 4 rings (SSSR count). The SMILES string of the molecule is CC1Cc2cccc3c4c(c(=O)n1c23)C(=O)CC(=O)O4. The van der Waals surface area contributed by atoms with Crippen molar-refractivity contribution in [2.45, 2.75) is 25.8 Å². The van der Waals surface area contributed by atoms with E-state index in [4.69, 9.17) is 4.74 Å². The predicted octanol–water partition coefficient (Wildman–Crippen LogP) is 1.61. The van der Waals surface area contributed by atoms with Crippen LogP contribution in [-0.2, 0) is 11.2 Å². The number of aromatic nitrogens is 1. The van der Waals surface area contributed by atoms with Crippen molar-refractivity contribution in [1.29, 1.82) is 0 Å². The Morgan fingerprint density at radius 2 is 2.05 bits per heavy atom. The normalized spacial score (nSPS) is 20.1. The summed E-state index contributed by atoms with van der Waals surface area (Å²) in [6.07, 6.45) is 0.388. The summed E-state index contributed by atoms with van der Waals surface area (Å²) in [5, 5.41) is 0.669. The number of hydrogen-bond donors (Lipinski definition) is 0. The number of carbonyl (C=O) groups is 2. The summed E-state index contributed by atoms with van der Waals surface area (Å²) in [5.41, 5.74) is 1.50. The van der Waals surface area contributed by atoms with Gasteiger partial charge in [0.1, 0.15) is 12.0 Å². The van der Waals surface area contributed by atoms with E-state index in [0.29, 0.717) is 5.39 Å². The molecule has 0 N–H and O–H groups in total. The van der Waals surface area contributed by atoms with Gasteiger partial charge in [-0.3, -0.25) is 14.4 Å². The van der Waals surface area contributed by atoms with Crippen LogP contribution in [0.4, 0.5) is 0 Å². The maximum Gasteiger partial charge on any atom is 0.319 e. The standard InChI is InChI=1S/C15H11NO4/c1-7-5-8-3-2-4-9-13(8)16(7)15(19)12-10(17)6-11(18)20-14(9)12/h2-4,7H,5-6H2,1H3. The monoisotopic (exact) mass is 269 g/mol. The van der Waals surface area contributed by atoms with Gasteiger partial charge in [-0.15, -0.1) is 0 Å². The zero-order chi connectivity index (χ0) is 14.0. The van der Waals surface area contributed by atoms with Gasteiger partial charge in [0.05, 0.1) is 5.52 Å². The molecule has 20 heavy (non-hydrogen) atoms. The van der Waals surface area contributed by atoms with E-state index >= 15 is 0 Å². The second kappa shape index (κ2) is 3.56. The molecule has 1 aromatic carbocycles. The van der Waals surface area contributed by atoms with Gasteiger partial charge >= 0.3 is 5.97 Å². The molecule has 0 saturated carbocycles. The number of nitrogens with zero attached hydrogens (tertiary/aromatic N) is 1. The van der Waals surface area contributed by atoms with E-state index < -0.39 is 11.8 Å². The van der Waals surface area contributed by atoms with Gasteiger partial charge in [0.2, 0.25) is 0 Å². The molecule has 3 heterocycles. The molecule has 2 aromatic rings. The molecule has 0 saturated heterocycles. The van der Waals surface area contributed by atoms with Crippen molar-refractivity contribution in [2.24, 2.45) is 0 Å². The largest absolute Gasteiger partial charge is 0.424 e. The van der Waals surface area contributed by atoms with E-state index in [9.17, 15) is 14.4 Å². The van der Waals surface area contributed by atoms with E-state index in [2.05, 4.69) is 0 Å². The van der Waals surface area contributed by atoms with Gasteiger partial charge in [-0.25, -0.2) is 0 Å². The summed E-state index contributed by atoms with van der Waals surface area (Å²) in [7, 11) is 0. The number of rotatable bonds is 0. The average molecular weight is 269 g/mol. The Hall–Kier alpha value is -2.43. The minimum absolute atomic E-state index is 0.0122. The zero-order valence-electron chi connectivity index (χ0n) is 10.8. The van der Waals surface area contributed by atoms with Crippen molar-refractivity contribution in [3.63, 3.8) is 0 Å². The Morgan fingerprint density at radius 3 is 2.85 bits per heavy atom. The third-order valence-corrected chi connectivity index (χ3v) is 4.02. The van der Waals surface area contributed by atoms with Crippen molar-refractivity contribution in [3.05, 3.63) is 39.7 Å². The summed E-state index contributed by atoms with van der Waals surface area (Å²) in [5.74, 6) is -0.909. The number of carbonyl (C=O) groups excluding carboxylic acids is 2. The van der Waals surface area contributed by atoms with E-state index in [0.717, 1.165) is 17.5 Å². The first-order valence-electron chi connectivity index (χ1n) is 6.52. The molecule has 1 unspecified atom stereocenters. The van der Waals surface area contributed by atoms with E-state index in [1.807, 2.05) is 19.1 Å². The molecule has 0 fully saturated rings. The number of esters is 1. The lowest BCUT2D eigenvalue weighted by atomic mass is 10.0. The van der Waals surface area contributed by atoms with Gasteiger partial charge in [0.25, 0.3) is 5.56 Å². The first-order valence-corrected chi connectivity index (χ1v) is 6.52. The van der Waals surface area contributed by atoms with Crippen molar-refractivity contribution < 1.29 is 14.3 Å². The number of benzene rings is 1. The van der Waals surface area contributed by atoms with Crippen molar-refractivity contribution in [3.8, 4) is 5.75 Å². The van der Waals surface area contributed by atoms with Gasteiger partial charge in [0, 0.05) is 11.4 Å². The van der Waals surface area contributed by atoms with Crippen LogP contribution in [0.25, 0.3) is 10.9 Å². The maximum atomic E-state index is 12.6. The van der Waals surface area contributed by atoms with Gasteiger partial charge in [-0.1, -0.05) is 12.1 Å². The number of hydrogen-bond acceptors (Lipinski definition) is 4. The fraction of sp³-hybridized carbons (Fsp3) is 0.267. The first-order chi connectivity index (χ1) is 9.58. The molecule has 0 amide bonds. The Morgan fingerprint density at radius 1 is 1.25 bits per heavy atom. The molecule has 0 spiro atoms. The number of pyridine rings is 1. The first kappa shape index (κ1) is 11.4. The van der Waals surface area contributed by atoms with Gasteiger partial charge in [-0.2, -0.15) is 0 Å². The van der Waals surface area contributed by atoms with Crippen LogP contribution in [0.5, 0.6) is 5.75 Å². The lowest BCUT2D eigenvalue weighted by Gasteiger charge is -2.19. The fourth-order valence-corrected chi connectivity index (χ4v) is 3.23. The van der Waals surface area contributed by atoms with Crippen molar-refractivity contribution in [1.82, 2.24) is 4.57 Å². The Labute approximate surface area is 113 Å². The molecule has 100 valence electrons. The molecule has 0 aliphatic carbocycles. The predicted molar refractivity (Wildman–Crippen MR) is 71.2 cm³/mol. The number of para-hydroxylation sites is 1. The van der Waals surface area contributed by atoms with Crippen molar-refractivity contribution in [2.75, 3.05) is 0 Å². The lowest BCUT2D eigenvalue weighted by molar-refractivity contribution is -0.133. The molecule has 0 radical (unpaired) electrons. The summed E-state index contributed by atoms with van der Waals surface area (Å²) in [4.78, 5) is 36.1. The van der Waals surface area contributed by atoms with Crippen LogP contribution < -0.4 is 10.3 Å². The highest BCUT2D eigenvalue weighted by molar-refractivity contribution is 6.14. The smallest absolute Gasteiger partial charge is 0.319 e. The van der Waals surface area contributed by atoms with Gasteiger partial charge in [0.15, 0.2) is 11.5 Å². The maximum absolute atomic E-state index is 12.6. The number of fused-ring (bicyclic) bond motifs is 2. The average Bonchev–Trinajstić information content (AvgIpc) is 2.72. The fourth-order valence-electron chi connectivity index (χ4n) is 3.23. The van der Waals surface area contributed by atoms with Crippen LogP contribution in [0, 0.1) is 0 Å². The summed E-state index contributed by atoms with van der Waals surface area (Å²) >= 11 is 0. The number of ether oxygens (including phenoxy) is 1. The second-order valence-electron chi connectivity index (χ2n) is 5.32. The van der Waals surface area contributed by atoms with E-state index in [1.54, 1.807) is 10.6 Å². The Kier molecular flexibility index (Phi) is 2.03. The second-order valence-corrected chi connectivity index (χ2v) is 5.32. The third-order valence-electron chi connectivity index (χ3n) is 4.02. The lowest BCUT2D eigenvalue weighted by Crippen LogP contribution is -2.33. The Bertz CT molecular complexity index is 862. The molecule has 2 aliphatic rings. The highest BCUT2D eigenvalue weighted by atomic mass is 16.5.